The fourth-order valence-corrected chi connectivity index (χ4v) is 4.86. The molecule has 1 aromatic rings. The maximum Gasteiger partial charge on any atom is 0.335 e. The molecule has 3 rings (SSSR count). The first-order valence-corrected chi connectivity index (χ1v) is 12.0. The molecule has 1 aliphatic carbocycles. The van der Waals surface area contributed by atoms with Gasteiger partial charge in [-0.05, 0) is 57.6 Å². The Kier molecular flexibility index (Phi) is 8.70. The molecule has 1 spiro atoms. The Labute approximate surface area is 187 Å². The fourth-order valence-electron chi connectivity index (χ4n) is 4.86. The lowest BCUT2D eigenvalue weighted by atomic mass is 9.84. The largest absolute Gasteiger partial charge is 0.451 e. The first kappa shape index (κ1) is 23.5. The molecule has 31 heavy (non-hydrogen) atoms. The maximum atomic E-state index is 13.1. The van der Waals surface area contributed by atoms with Crippen molar-refractivity contribution in [2.75, 3.05) is 19.6 Å². The standard InChI is InChI=1S/C26H38N2O3/c1-3-4-18-28(20-22-13-8-7-9-14-22)19-12-17-27-24(29)23-21(2)25(30)31-26(23)15-10-5-6-11-16-26/h7-9,13-14H,3-6,10-12,15-20H2,1-2H3,(H,27,29). The van der Waals surface area contributed by atoms with Crippen molar-refractivity contribution in [3.8, 4) is 0 Å². The van der Waals surface area contributed by atoms with Crippen LogP contribution in [-0.2, 0) is 20.9 Å². The summed E-state index contributed by atoms with van der Waals surface area (Å²) in [6.07, 6.45) is 9.05. The molecular weight excluding hydrogens is 388 g/mol. The molecule has 170 valence electrons. The SMILES string of the molecule is CCCCN(CCCNC(=O)C1=C(C)C(=O)OC12CCCCCC2)Cc1ccccc1. The third kappa shape index (κ3) is 6.19. The zero-order valence-corrected chi connectivity index (χ0v) is 19.3. The number of carbonyl (C=O) groups excluding carboxylic acids is 2. The number of benzene rings is 1. The number of unbranched alkanes of at least 4 members (excludes halogenated alkanes) is 1. The second-order valence-corrected chi connectivity index (χ2v) is 9.02. The predicted octanol–water partition coefficient (Wildman–Crippen LogP) is 4.76. The Morgan fingerprint density at radius 2 is 1.74 bits per heavy atom. The van der Waals surface area contributed by atoms with Gasteiger partial charge in [0.1, 0.15) is 5.60 Å². The summed E-state index contributed by atoms with van der Waals surface area (Å²) < 4.78 is 5.79. The van der Waals surface area contributed by atoms with Gasteiger partial charge in [-0.1, -0.05) is 56.5 Å². The van der Waals surface area contributed by atoms with Gasteiger partial charge in [-0.25, -0.2) is 4.79 Å². The highest BCUT2D eigenvalue weighted by Crippen LogP contribution is 2.42. The summed E-state index contributed by atoms with van der Waals surface area (Å²) in [6, 6.07) is 10.5. The van der Waals surface area contributed by atoms with Crippen LogP contribution in [0.15, 0.2) is 41.5 Å². The molecule has 1 heterocycles. The smallest absolute Gasteiger partial charge is 0.335 e. The molecule has 2 aliphatic rings. The van der Waals surface area contributed by atoms with Crippen LogP contribution in [0.5, 0.6) is 0 Å². The van der Waals surface area contributed by atoms with E-state index < -0.39 is 5.60 Å². The van der Waals surface area contributed by atoms with Crippen LogP contribution in [0, 0.1) is 0 Å². The van der Waals surface area contributed by atoms with Crippen molar-refractivity contribution >= 4 is 11.9 Å². The molecule has 1 aliphatic heterocycles. The van der Waals surface area contributed by atoms with Gasteiger partial charge in [0, 0.05) is 25.2 Å². The molecule has 0 saturated heterocycles. The van der Waals surface area contributed by atoms with Crippen molar-refractivity contribution in [2.24, 2.45) is 0 Å². The number of amides is 1. The lowest BCUT2D eigenvalue weighted by Gasteiger charge is -2.29. The normalized spacial score (nSPS) is 18.4. The molecule has 1 aromatic carbocycles. The number of ether oxygens (including phenoxy) is 1. The molecule has 1 fully saturated rings. The lowest BCUT2D eigenvalue weighted by Crippen LogP contribution is -2.40. The van der Waals surface area contributed by atoms with Gasteiger partial charge in [-0.3, -0.25) is 9.69 Å². The van der Waals surface area contributed by atoms with Crippen molar-refractivity contribution in [1.82, 2.24) is 10.2 Å². The number of hydrogen-bond acceptors (Lipinski definition) is 4. The number of esters is 1. The van der Waals surface area contributed by atoms with Crippen LogP contribution in [-0.4, -0.2) is 42.0 Å². The second-order valence-electron chi connectivity index (χ2n) is 9.02. The van der Waals surface area contributed by atoms with Gasteiger partial charge in [-0.15, -0.1) is 0 Å². The van der Waals surface area contributed by atoms with Crippen molar-refractivity contribution in [1.29, 1.82) is 0 Å². The molecular formula is C26H38N2O3. The van der Waals surface area contributed by atoms with E-state index >= 15 is 0 Å². The molecule has 0 bridgehead atoms. The van der Waals surface area contributed by atoms with Crippen LogP contribution in [0.25, 0.3) is 0 Å². The zero-order valence-electron chi connectivity index (χ0n) is 19.3. The van der Waals surface area contributed by atoms with Gasteiger partial charge >= 0.3 is 5.97 Å². The van der Waals surface area contributed by atoms with Crippen LogP contribution in [0.1, 0.15) is 77.2 Å². The van der Waals surface area contributed by atoms with Gasteiger partial charge in [0.05, 0.1) is 5.57 Å². The Morgan fingerprint density at radius 3 is 2.42 bits per heavy atom. The van der Waals surface area contributed by atoms with Gasteiger partial charge in [-0.2, -0.15) is 0 Å². The average molecular weight is 427 g/mol. The van der Waals surface area contributed by atoms with Crippen LogP contribution < -0.4 is 5.32 Å². The highest BCUT2D eigenvalue weighted by molar-refractivity contribution is 6.07. The predicted molar refractivity (Wildman–Crippen MR) is 123 cm³/mol. The molecule has 5 nitrogen and oxygen atoms in total. The van der Waals surface area contributed by atoms with E-state index in [9.17, 15) is 9.59 Å². The van der Waals surface area contributed by atoms with Crippen LogP contribution in [0.4, 0.5) is 0 Å². The number of hydrogen-bond donors (Lipinski definition) is 1. The van der Waals surface area contributed by atoms with Crippen LogP contribution in [0.2, 0.25) is 0 Å². The monoisotopic (exact) mass is 426 g/mol. The summed E-state index contributed by atoms with van der Waals surface area (Å²) in [4.78, 5) is 27.8. The number of nitrogens with one attached hydrogen (secondary N) is 1. The molecule has 0 radical (unpaired) electrons. The number of rotatable bonds is 10. The highest BCUT2D eigenvalue weighted by atomic mass is 16.6. The molecule has 1 saturated carbocycles. The Morgan fingerprint density at radius 1 is 1.06 bits per heavy atom. The number of nitrogens with zero attached hydrogens (tertiary/aromatic N) is 1. The van der Waals surface area contributed by atoms with E-state index in [0.717, 1.165) is 64.6 Å². The quantitative estimate of drug-likeness (QED) is 0.433. The fraction of sp³-hybridized carbons (Fsp3) is 0.615. The van der Waals surface area contributed by atoms with Crippen molar-refractivity contribution < 1.29 is 14.3 Å². The summed E-state index contributed by atoms with van der Waals surface area (Å²) in [6.45, 7) is 7.50. The average Bonchev–Trinajstić information content (AvgIpc) is 2.90. The first-order chi connectivity index (χ1) is 15.1. The van der Waals surface area contributed by atoms with Gasteiger partial charge in [0.15, 0.2) is 0 Å². The van der Waals surface area contributed by atoms with E-state index in [4.69, 9.17) is 4.74 Å². The summed E-state index contributed by atoms with van der Waals surface area (Å²) in [5.41, 5.74) is 1.71. The lowest BCUT2D eigenvalue weighted by molar-refractivity contribution is -0.148. The van der Waals surface area contributed by atoms with Gasteiger partial charge < -0.3 is 10.1 Å². The minimum Gasteiger partial charge on any atom is -0.451 e. The van der Waals surface area contributed by atoms with Crippen molar-refractivity contribution in [3.05, 3.63) is 47.0 Å². The Hall–Kier alpha value is -2.14. The summed E-state index contributed by atoms with van der Waals surface area (Å²) in [5.74, 6) is -0.436. The van der Waals surface area contributed by atoms with Gasteiger partial charge in [0.2, 0.25) is 0 Å². The first-order valence-electron chi connectivity index (χ1n) is 12.0. The van der Waals surface area contributed by atoms with E-state index in [2.05, 4.69) is 41.4 Å². The molecule has 0 aromatic heterocycles. The molecule has 5 heteroatoms. The minimum absolute atomic E-state index is 0.117. The van der Waals surface area contributed by atoms with E-state index in [1.165, 1.54) is 18.4 Å². The van der Waals surface area contributed by atoms with Crippen molar-refractivity contribution in [2.45, 2.75) is 83.8 Å². The van der Waals surface area contributed by atoms with E-state index in [0.29, 0.717) is 17.7 Å². The Balaban J connectivity index is 1.54. The Bertz CT molecular complexity index is 764. The molecule has 1 N–H and O–H groups in total. The summed E-state index contributed by atoms with van der Waals surface area (Å²) in [5, 5.41) is 3.09. The minimum atomic E-state index is -0.692. The molecule has 0 unspecified atom stereocenters. The summed E-state index contributed by atoms with van der Waals surface area (Å²) >= 11 is 0. The third-order valence-electron chi connectivity index (χ3n) is 6.58. The second kappa shape index (κ2) is 11.5. The van der Waals surface area contributed by atoms with E-state index in [1.807, 2.05) is 6.07 Å². The van der Waals surface area contributed by atoms with Crippen LogP contribution >= 0.6 is 0 Å². The topological polar surface area (TPSA) is 58.6 Å². The molecule has 1 amide bonds. The molecule has 0 atom stereocenters. The zero-order chi connectivity index (χ0) is 22.1. The number of carbonyl (C=O) groups is 2. The van der Waals surface area contributed by atoms with Gasteiger partial charge in [0.25, 0.3) is 5.91 Å². The maximum absolute atomic E-state index is 13.1. The van der Waals surface area contributed by atoms with Crippen molar-refractivity contribution in [3.63, 3.8) is 0 Å². The van der Waals surface area contributed by atoms with Crippen LogP contribution in [0.3, 0.4) is 0 Å². The third-order valence-corrected chi connectivity index (χ3v) is 6.58. The summed E-state index contributed by atoms with van der Waals surface area (Å²) in [7, 11) is 0. The van der Waals surface area contributed by atoms with E-state index in [1.54, 1.807) is 6.92 Å². The highest BCUT2D eigenvalue weighted by Gasteiger charge is 2.48. The van der Waals surface area contributed by atoms with E-state index in [-0.39, 0.29) is 11.9 Å².